The summed E-state index contributed by atoms with van der Waals surface area (Å²) in [6.45, 7) is 19.1. The second-order valence-corrected chi connectivity index (χ2v) is 17.6. The van der Waals surface area contributed by atoms with E-state index in [1.165, 1.54) is 6.42 Å². The average Bonchev–Trinajstić information content (AvgIpc) is 3.31. The summed E-state index contributed by atoms with van der Waals surface area (Å²) in [6, 6.07) is 7.33. The van der Waals surface area contributed by atoms with E-state index in [9.17, 15) is 10.2 Å². The standard InChI is InChI=1S/C38H58N4O3/c1-33(2)16-9-17-38(8,45-33)26-14-18-37(7)30(26)27(44)21-29-35(5)22-24(20-23-10-12-25(43)13-11-23)31(41-42-32(39)40)34(3,4)28(35)15-19-36(29,37)6/h10-13,20,26-30,43-44H,9,14-19,21-22H2,1-8H3,(H4,39,40,42)/b24-20+,41-31+/t26-,27+,28-,29+,30-,35-,36+,37+,38+/m0/s1. The van der Waals surface area contributed by atoms with Gasteiger partial charge in [0.25, 0.3) is 0 Å². The highest BCUT2D eigenvalue weighted by molar-refractivity contribution is 6.08. The highest BCUT2D eigenvalue weighted by Gasteiger charge is 2.72. The topological polar surface area (TPSA) is 126 Å². The quantitative estimate of drug-likeness (QED) is 0.159. The van der Waals surface area contributed by atoms with Crippen LogP contribution in [0.2, 0.25) is 0 Å². The van der Waals surface area contributed by atoms with Crippen molar-refractivity contribution in [3.8, 4) is 5.75 Å². The number of aliphatic hydroxyl groups excluding tert-OH is 1. The molecule has 6 rings (SSSR count). The van der Waals surface area contributed by atoms with Crippen LogP contribution in [0.1, 0.15) is 119 Å². The van der Waals surface area contributed by atoms with Gasteiger partial charge in [-0.15, -0.1) is 5.10 Å². The van der Waals surface area contributed by atoms with Gasteiger partial charge in [-0.1, -0.05) is 46.8 Å². The van der Waals surface area contributed by atoms with Gasteiger partial charge in [-0.05, 0) is 148 Å². The molecule has 0 aromatic heterocycles. The molecule has 6 N–H and O–H groups in total. The molecule has 9 atom stereocenters. The average molecular weight is 619 g/mol. The number of rotatable bonds is 3. The summed E-state index contributed by atoms with van der Waals surface area (Å²) >= 11 is 0. The summed E-state index contributed by atoms with van der Waals surface area (Å²) in [6.07, 6.45) is 11.4. The van der Waals surface area contributed by atoms with E-state index < -0.39 is 0 Å². The normalized spacial score (nSPS) is 45.4. The van der Waals surface area contributed by atoms with Crippen LogP contribution < -0.4 is 11.5 Å². The lowest BCUT2D eigenvalue weighted by atomic mass is 9.34. The lowest BCUT2D eigenvalue weighted by Crippen LogP contribution is -2.66. The Balaban J connectivity index is 1.42. The first-order chi connectivity index (χ1) is 20.9. The Morgan fingerprint density at radius 2 is 1.56 bits per heavy atom. The van der Waals surface area contributed by atoms with Gasteiger partial charge >= 0.3 is 0 Å². The van der Waals surface area contributed by atoms with Gasteiger partial charge in [0.1, 0.15) is 5.75 Å². The maximum Gasteiger partial charge on any atom is 0.211 e. The van der Waals surface area contributed by atoms with Crippen LogP contribution >= 0.6 is 0 Å². The molecule has 7 heteroatoms. The van der Waals surface area contributed by atoms with Crippen LogP contribution in [0.3, 0.4) is 0 Å². The number of guanidine groups is 1. The van der Waals surface area contributed by atoms with Crippen molar-refractivity contribution in [2.24, 2.45) is 67.0 Å². The van der Waals surface area contributed by atoms with Gasteiger partial charge in [-0.25, -0.2) is 0 Å². The van der Waals surface area contributed by atoms with Gasteiger partial charge in [0.05, 0.1) is 23.0 Å². The molecule has 45 heavy (non-hydrogen) atoms. The van der Waals surface area contributed by atoms with Gasteiger partial charge in [0.15, 0.2) is 0 Å². The number of hydrogen-bond donors (Lipinski definition) is 4. The Bertz CT molecular complexity index is 1410. The third-order valence-electron chi connectivity index (χ3n) is 14.3. The predicted octanol–water partition coefficient (Wildman–Crippen LogP) is 7.41. The van der Waals surface area contributed by atoms with Gasteiger partial charge < -0.3 is 26.4 Å². The zero-order valence-electron chi connectivity index (χ0n) is 29.0. The number of nitrogens with zero attached hydrogens (tertiary/aromatic N) is 2. The number of allylic oxidation sites excluding steroid dienone is 1. The van der Waals surface area contributed by atoms with Crippen LogP contribution in [0.25, 0.3) is 6.08 Å². The minimum Gasteiger partial charge on any atom is -0.508 e. The van der Waals surface area contributed by atoms with Gasteiger partial charge in [-0.3, -0.25) is 0 Å². The molecule has 1 saturated heterocycles. The van der Waals surface area contributed by atoms with E-state index in [1.807, 2.05) is 12.1 Å². The third-order valence-corrected chi connectivity index (χ3v) is 14.3. The van der Waals surface area contributed by atoms with Crippen molar-refractivity contribution in [1.82, 2.24) is 0 Å². The molecule has 248 valence electrons. The van der Waals surface area contributed by atoms with Gasteiger partial charge in [0, 0.05) is 5.41 Å². The van der Waals surface area contributed by atoms with Crippen LogP contribution in [0.4, 0.5) is 0 Å². The molecule has 0 bridgehead atoms. The first-order valence-corrected chi connectivity index (χ1v) is 17.4. The van der Waals surface area contributed by atoms with Crippen LogP contribution in [0.15, 0.2) is 40.0 Å². The van der Waals surface area contributed by atoms with Crippen LogP contribution in [-0.4, -0.2) is 39.2 Å². The Hall–Kier alpha value is -2.38. The summed E-state index contributed by atoms with van der Waals surface area (Å²) in [5.41, 5.74) is 14.1. The summed E-state index contributed by atoms with van der Waals surface area (Å²) in [7, 11) is 0. The fourth-order valence-corrected chi connectivity index (χ4v) is 12.4. The number of aromatic hydroxyl groups is 1. The molecule has 7 nitrogen and oxygen atoms in total. The van der Waals surface area contributed by atoms with Crippen molar-refractivity contribution in [1.29, 1.82) is 0 Å². The van der Waals surface area contributed by atoms with Gasteiger partial charge in [0.2, 0.25) is 5.96 Å². The molecule has 1 heterocycles. The molecule has 0 spiro atoms. The van der Waals surface area contributed by atoms with Crippen molar-refractivity contribution < 1.29 is 14.9 Å². The summed E-state index contributed by atoms with van der Waals surface area (Å²) in [4.78, 5) is 0. The molecule has 5 aliphatic rings. The molecule has 1 aliphatic heterocycles. The number of benzene rings is 1. The second kappa shape index (κ2) is 10.6. The van der Waals surface area contributed by atoms with Crippen LogP contribution in [0, 0.1) is 45.3 Å². The highest BCUT2D eigenvalue weighted by atomic mass is 16.5. The maximum absolute atomic E-state index is 12.3. The molecule has 4 aliphatic carbocycles. The van der Waals surface area contributed by atoms with Gasteiger partial charge in [-0.2, -0.15) is 5.10 Å². The fraction of sp³-hybridized carbons (Fsp3) is 0.737. The first kappa shape index (κ1) is 32.6. The Labute approximate surface area is 271 Å². The highest BCUT2D eigenvalue weighted by Crippen LogP contribution is 2.76. The Morgan fingerprint density at radius 1 is 0.889 bits per heavy atom. The van der Waals surface area contributed by atoms with E-state index >= 15 is 0 Å². The SMILES string of the molecule is CC1(C)CCC[C@](C)([C@H]2CC[C@]3(C)[C@@H]2[C@H](O)C[C@@H]2[C@@]4(C)CC(=C\c5ccc(O)cc5)/C(=N\N=C(N)N)C(C)(C)[C@@H]4CC[C@]23C)O1. The minimum absolute atomic E-state index is 0.0274. The van der Waals surface area contributed by atoms with Crippen LogP contribution in [0.5, 0.6) is 5.75 Å². The second-order valence-electron chi connectivity index (χ2n) is 17.6. The maximum atomic E-state index is 12.3. The van der Waals surface area contributed by atoms with E-state index in [0.717, 1.165) is 68.2 Å². The molecule has 0 radical (unpaired) electrons. The first-order valence-electron chi connectivity index (χ1n) is 17.4. The van der Waals surface area contributed by atoms with Crippen molar-refractivity contribution in [2.75, 3.05) is 0 Å². The molecule has 4 saturated carbocycles. The lowest BCUT2D eigenvalue weighted by Gasteiger charge is -2.70. The zero-order chi connectivity index (χ0) is 32.8. The Morgan fingerprint density at radius 3 is 2.20 bits per heavy atom. The zero-order valence-corrected chi connectivity index (χ0v) is 29.0. The predicted molar refractivity (Wildman–Crippen MR) is 183 cm³/mol. The van der Waals surface area contributed by atoms with E-state index in [-0.39, 0.29) is 56.6 Å². The lowest BCUT2D eigenvalue weighted by molar-refractivity contribution is -0.243. The minimum atomic E-state index is -0.356. The number of aliphatic hydroxyl groups is 1. The fourth-order valence-electron chi connectivity index (χ4n) is 12.4. The molecule has 0 amide bonds. The summed E-state index contributed by atoms with van der Waals surface area (Å²) < 4.78 is 6.94. The number of fused-ring (bicyclic) bond motifs is 5. The van der Waals surface area contributed by atoms with Crippen molar-refractivity contribution in [3.05, 3.63) is 35.4 Å². The largest absolute Gasteiger partial charge is 0.508 e. The van der Waals surface area contributed by atoms with E-state index in [4.69, 9.17) is 21.3 Å². The van der Waals surface area contributed by atoms with E-state index in [0.29, 0.717) is 17.8 Å². The smallest absolute Gasteiger partial charge is 0.211 e. The molecule has 5 fully saturated rings. The van der Waals surface area contributed by atoms with Crippen molar-refractivity contribution >= 4 is 17.7 Å². The Kier molecular flexibility index (Phi) is 7.64. The van der Waals surface area contributed by atoms with Crippen LogP contribution in [-0.2, 0) is 4.74 Å². The third kappa shape index (κ3) is 4.97. The summed E-state index contributed by atoms with van der Waals surface area (Å²) in [5, 5.41) is 31.2. The number of hydrogen-bond acceptors (Lipinski definition) is 5. The van der Waals surface area contributed by atoms with Crippen molar-refractivity contribution in [3.63, 3.8) is 0 Å². The number of nitrogens with two attached hydrogens (primary N) is 2. The number of phenols is 1. The molecular formula is C38H58N4O3. The molecule has 1 aromatic rings. The van der Waals surface area contributed by atoms with E-state index in [2.05, 4.69) is 66.6 Å². The molecule has 0 unspecified atom stereocenters. The number of phenolic OH excluding ortho intramolecular Hbond substituents is 1. The molecular weight excluding hydrogens is 560 g/mol. The summed E-state index contributed by atoms with van der Waals surface area (Å²) in [5.74, 6) is 1.51. The van der Waals surface area contributed by atoms with Crippen molar-refractivity contribution in [2.45, 2.75) is 130 Å². The molecule has 1 aromatic carbocycles. The monoisotopic (exact) mass is 618 g/mol. The van der Waals surface area contributed by atoms with E-state index in [1.54, 1.807) is 12.1 Å². The number of ether oxygens (including phenoxy) is 1.